The lowest BCUT2D eigenvalue weighted by Crippen LogP contribution is -2.37. The number of benzene rings is 1. The first-order chi connectivity index (χ1) is 7.95. The Morgan fingerprint density at radius 3 is 2.41 bits per heavy atom. The Kier molecular flexibility index (Phi) is 4.67. The number of hydrogen-bond acceptors (Lipinski definition) is 1. The van der Waals surface area contributed by atoms with E-state index in [0.717, 1.165) is 18.4 Å². The molecule has 0 radical (unpaired) electrons. The molecule has 0 unspecified atom stereocenters. The topological polar surface area (TPSA) is 29.1 Å². The normalized spacial score (nSPS) is 11.3. The quantitative estimate of drug-likeness (QED) is 0.838. The van der Waals surface area contributed by atoms with E-state index in [1.165, 1.54) is 12.1 Å². The van der Waals surface area contributed by atoms with Gasteiger partial charge in [0, 0.05) is 12.0 Å². The predicted molar refractivity (Wildman–Crippen MR) is 67.2 cm³/mol. The van der Waals surface area contributed by atoms with Crippen molar-refractivity contribution in [2.75, 3.05) is 6.54 Å². The van der Waals surface area contributed by atoms with Gasteiger partial charge in [0.05, 0.1) is 0 Å². The molecule has 0 bridgehead atoms. The molecule has 0 aromatic heterocycles. The minimum Gasteiger partial charge on any atom is -0.355 e. The van der Waals surface area contributed by atoms with Gasteiger partial charge in [0.15, 0.2) is 0 Å². The lowest BCUT2D eigenvalue weighted by molar-refractivity contribution is -0.129. The van der Waals surface area contributed by atoms with Crippen molar-refractivity contribution in [2.24, 2.45) is 5.41 Å². The molecule has 1 aromatic rings. The fourth-order valence-electron chi connectivity index (χ4n) is 1.37. The van der Waals surface area contributed by atoms with E-state index >= 15 is 0 Å². The van der Waals surface area contributed by atoms with Crippen molar-refractivity contribution in [3.8, 4) is 0 Å². The van der Waals surface area contributed by atoms with Crippen LogP contribution in [0.25, 0.3) is 0 Å². The molecular weight excluding hydrogens is 217 g/mol. The Balaban J connectivity index is 2.38. The molecule has 0 fully saturated rings. The van der Waals surface area contributed by atoms with E-state index in [9.17, 15) is 9.18 Å². The lowest BCUT2D eigenvalue weighted by Gasteiger charge is -2.21. The van der Waals surface area contributed by atoms with Crippen LogP contribution in [0.3, 0.4) is 0 Å². The van der Waals surface area contributed by atoms with Crippen molar-refractivity contribution >= 4 is 5.91 Å². The van der Waals surface area contributed by atoms with Crippen LogP contribution in [0.4, 0.5) is 4.39 Å². The van der Waals surface area contributed by atoms with Crippen molar-refractivity contribution in [2.45, 2.75) is 33.6 Å². The van der Waals surface area contributed by atoms with Gasteiger partial charge in [0.1, 0.15) is 5.82 Å². The highest BCUT2D eigenvalue weighted by molar-refractivity contribution is 5.81. The Hall–Kier alpha value is -1.38. The van der Waals surface area contributed by atoms with Crippen molar-refractivity contribution in [3.05, 3.63) is 35.6 Å². The van der Waals surface area contributed by atoms with E-state index in [-0.39, 0.29) is 17.1 Å². The van der Waals surface area contributed by atoms with Gasteiger partial charge in [-0.2, -0.15) is 0 Å². The maximum Gasteiger partial charge on any atom is 0.225 e. The summed E-state index contributed by atoms with van der Waals surface area (Å²) in [6, 6.07) is 6.36. The van der Waals surface area contributed by atoms with Crippen LogP contribution < -0.4 is 5.32 Å². The molecule has 1 rings (SSSR count). The summed E-state index contributed by atoms with van der Waals surface area (Å²) in [5.74, 6) is -0.160. The molecular formula is C14H20FNO. The second-order valence-electron chi connectivity index (χ2n) is 4.87. The Bertz CT molecular complexity index is 370. The van der Waals surface area contributed by atoms with E-state index in [2.05, 4.69) is 5.32 Å². The fourth-order valence-corrected chi connectivity index (χ4v) is 1.37. The summed E-state index contributed by atoms with van der Waals surface area (Å²) in [6.45, 7) is 6.45. The monoisotopic (exact) mass is 237 g/mol. The first kappa shape index (κ1) is 13.7. The van der Waals surface area contributed by atoms with Gasteiger partial charge in [0.2, 0.25) is 5.91 Å². The third kappa shape index (κ3) is 4.17. The summed E-state index contributed by atoms with van der Waals surface area (Å²) in [5.41, 5.74) is 0.712. The van der Waals surface area contributed by atoms with Gasteiger partial charge in [-0.15, -0.1) is 0 Å². The molecule has 3 heteroatoms. The van der Waals surface area contributed by atoms with Gasteiger partial charge >= 0.3 is 0 Å². The summed E-state index contributed by atoms with van der Waals surface area (Å²) in [5, 5.41) is 2.90. The highest BCUT2D eigenvalue weighted by atomic mass is 19.1. The highest BCUT2D eigenvalue weighted by Crippen LogP contribution is 2.19. The molecule has 0 aliphatic heterocycles. The van der Waals surface area contributed by atoms with Crippen molar-refractivity contribution in [1.29, 1.82) is 0 Å². The third-order valence-electron chi connectivity index (χ3n) is 3.11. The molecule has 2 nitrogen and oxygen atoms in total. The molecule has 0 atom stereocenters. The van der Waals surface area contributed by atoms with E-state index in [1.807, 2.05) is 20.8 Å². The zero-order chi connectivity index (χ0) is 12.9. The number of nitrogens with one attached hydrogen (secondary N) is 1. The fraction of sp³-hybridized carbons (Fsp3) is 0.500. The number of halogens is 1. The first-order valence-electron chi connectivity index (χ1n) is 5.98. The Labute approximate surface area is 102 Å². The van der Waals surface area contributed by atoms with Crippen molar-refractivity contribution in [1.82, 2.24) is 5.32 Å². The van der Waals surface area contributed by atoms with Gasteiger partial charge < -0.3 is 5.32 Å². The maximum absolute atomic E-state index is 12.7. The summed E-state index contributed by atoms with van der Waals surface area (Å²) >= 11 is 0. The van der Waals surface area contributed by atoms with E-state index in [4.69, 9.17) is 0 Å². The van der Waals surface area contributed by atoms with Crippen molar-refractivity contribution in [3.63, 3.8) is 0 Å². The smallest absolute Gasteiger partial charge is 0.225 e. The molecule has 0 saturated heterocycles. The van der Waals surface area contributed by atoms with Gasteiger partial charge in [0.25, 0.3) is 0 Å². The summed E-state index contributed by atoms with van der Waals surface area (Å²) in [4.78, 5) is 11.8. The molecule has 0 aliphatic rings. The second-order valence-corrected chi connectivity index (χ2v) is 4.87. The SMILES string of the molecule is CCC(C)(C)C(=O)NCCc1ccc(F)cc1. The number of rotatable bonds is 5. The molecule has 0 saturated carbocycles. The minimum atomic E-state index is -0.317. The zero-order valence-corrected chi connectivity index (χ0v) is 10.7. The predicted octanol–water partition coefficient (Wildman–Crippen LogP) is 2.92. The molecule has 1 amide bonds. The second kappa shape index (κ2) is 5.80. The lowest BCUT2D eigenvalue weighted by atomic mass is 9.89. The number of amides is 1. The van der Waals surface area contributed by atoms with Crippen LogP contribution in [-0.4, -0.2) is 12.5 Å². The summed E-state index contributed by atoms with van der Waals surface area (Å²) < 4.78 is 12.7. The molecule has 0 aliphatic carbocycles. The minimum absolute atomic E-state index is 0.0714. The van der Waals surface area contributed by atoms with Crippen LogP contribution in [0.5, 0.6) is 0 Å². The Morgan fingerprint density at radius 2 is 1.88 bits per heavy atom. The van der Waals surface area contributed by atoms with Crippen LogP contribution in [0.15, 0.2) is 24.3 Å². The molecule has 94 valence electrons. The molecule has 0 spiro atoms. The summed E-state index contributed by atoms with van der Waals surface area (Å²) in [6.07, 6.45) is 1.54. The highest BCUT2D eigenvalue weighted by Gasteiger charge is 2.24. The first-order valence-corrected chi connectivity index (χ1v) is 5.98. The Morgan fingerprint density at radius 1 is 1.29 bits per heavy atom. The van der Waals surface area contributed by atoms with Crippen LogP contribution >= 0.6 is 0 Å². The van der Waals surface area contributed by atoms with Gasteiger partial charge in [-0.1, -0.05) is 32.9 Å². The average Bonchev–Trinajstić information content (AvgIpc) is 2.31. The third-order valence-corrected chi connectivity index (χ3v) is 3.11. The van der Waals surface area contributed by atoms with E-state index in [1.54, 1.807) is 12.1 Å². The van der Waals surface area contributed by atoms with Crippen LogP contribution in [-0.2, 0) is 11.2 Å². The number of carbonyl (C=O) groups is 1. The zero-order valence-electron chi connectivity index (χ0n) is 10.7. The van der Waals surface area contributed by atoms with E-state index < -0.39 is 0 Å². The van der Waals surface area contributed by atoms with Crippen molar-refractivity contribution < 1.29 is 9.18 Å². The van der Waals surface area contributed by atoms with Crippen LogP contribution in [0, 0.1) is 11.2 Å². The van der Waals surface area contributed by atoms with E-state index in [0.29, 0.717) is 6.54 Å². The largest absolute Gasteiger partial charge is 0.355 e. The molecule has 1 N–H and O–H groups in total. The van der Waals surface area contributed by atoms with Gasteiger partial charge in [-0.05, 0) is 30.5 Å². The standard InChI is InChI=1S/C14H20FNO/c1-4-14(2,3)13(17)16-10-9-11-5-7-12(15)8-6-11/h5-8H,4,9-10H2,1-3H3,(H,16,17). The molecule has 1 aromatic carbocycles. The molecule has 17 heavy (non-hydrogen) atoms. The van der Waals surface area contributed by atoms with Crippen LogP contribution in [0.2, 0.25) is 0 Å². The number of hydrogen-bond donors (Lipinski definition) is 1. The molecule has 0 heterocycles. The maximum atomic E-state index is 12.7. The van der Waals surface area contributed by atoms with Gasteiger partial charge in [-0.25, -0.2) is 4.39 Å². The summed E-state index contributed by atoms with van der Waals surface area (Å²) in [7, 11) is 0. The van der Waals surface area contributed by atoms with Crippen LogP contribution in [0.1, 0.15) is 32.8 Å². The number of carbonyl (C=O) groups excluding carboxylic acids is 1. The average molecular weight is 237 g/mol. The van der Waals surface area contributed by atoms with Gasteiger partial charge in [-0.3, -0.25) is 4.79 Å².